The van der Waals surface area contributed by atoms with Gasteiger partial charge in [0.05, 0.1) is 0 Å². The lowest BCUT2D eigenvalue weighted by Crippen LogP contribution is -2.31. The highest BCUT2D eigenvalue weighted by molar-refractivity contribution is 7.91. The maximum Gasteiger partial charge on any atom is 0.252 e. The maximum atomic E-state index is 12.1. The third-order valence-corrected chi connectivity index (χ3v) is 5.83. The molecule has 4 nitrogen and oxygen atoms in total. The van der Waals surface area contributed by atoms with Crippen molar-refractivity contribution in [2.24, 2.45) is 5.73 Å². The van der Waals surface area contributed by atoms with Gasteiger partial charge in [0, 0.05) is 24.0 Å². The number of hydrogen-bond acceptors (Lipinski definition) is 4. The van der Waals surface area contributed by atoms with Crippen LogP contribution in [-0.4, -0.2) is 31.9 Å². The SMILES string of the molecule is Cc1ccc(S(=O)(=O)N2CCC(N)C2)s1.Cl. The van der Waals surface area contributed by atoms with Gasteiger partial charge in [-0.25, -0.2) is 8.42 Å². The van der Waals surface area contributed by atoms with Crippen LogP contribution in [0.25, 0.3) is 0 Å². The third-order valence-electron chi connectivity index (χ3n) is 2.50. The van der Waals surface area contributed by atoms with Crippen molar-refractivity contribution in [2.75, 3.05) is 13.1 Å². The Hall–Kier alpha value is -0.140. The summed E-state index contributed by atoms with van der Waals surface area (Å²) in [6.07, 6.45) is 0.754. The number of nitrogens with two attached hydrogens (primary N) is 1. The van der Waals surface area contributed by atoms with Crippen LogP contribution in [0.5, 0.6) is 0 Å². The van der Waals surface area contributed by atoms with Crippen molar-refractivity contribution >= 4 is 33.8 Å². The predicted molar refractivity (Wildman–Crippen MR) is 67.7 cm³/mol. The average molecular weight is 283 g/mol. The van der Waals surface area contributed by atoms with Crippen LogP contribution in [0.3, 0.4) is 0 Å². The molecule has 0 saturated carbocycles. The molecular weight excluding hydrogens is 268 g/mol. The second-order valence-electron chi connectivity index (χ2n) is 3.78. The molecule has 92 valence electrons. The Labute approximate surface area is 106 Å². The van der Waals surface area contributed by atoms with E-state index in [-0.39, 0.29) is 18.4 Å². The zero-order valence-corrected chi connectivity index (χ0v) is 11.4. The van der Waals surface area contributed by atoms with E-state index in [1.165, 1.54) is 15.6 Å². The van der Waals surface area contributed by atoms with Gasteiger partial charge in [-0.05, 0) is 25.5 Å². The van der Waals surface area contributed by atoms with E-state index in [0.29, 0.717) is 17.3 Å². The summed E-state index contributed by atoms with van der Waals surface area (Å²) in [5.74, 6) is 0. The fraction of sp³-hybridized carbons (Fsp3) is 0.556. The minimum Gasteiger partial charge on any atom is -0.326 e. The summed E-state index contributed by atoms with van der Waals surface area (Å²) in [6.45, 7) is 2.89. The summed E-state index contributed by atoms with van der Waals surface area (Å²) in [5.41, 5.74) is 5.70. The average Bonchev–Trinajstić information content (AvgIpc) is 2.74. The molecule has 0 amide bonds. The quantitative estimate of drug-likeness (QED) is 0.887. The minimum atomic E-state index is -3.28. The van der Waals surface area contributed by atoms with Gasteiger partial charge in [0.15, 0.2) is 0 Å². The highest BCUT2D eigenvalue weighted by Gasteiger charge is 2.31. The summed E-state index contributed by atoms with van der Waals surface area (Å²) in [4.78, 5) is 1.01. The molecule has 1 aliphatic heterocycles. The summed E-state index contributed by atoms with van der Waals surface area (Å²) < 4.78 is 26.0. The molecular formula is C9H15ClN2O2S2. The number of aryl methyl sites for hydroxylation is 1. The zero-order chi connectivity index (χ0) is 11.1. The molecule has 2 heterocycles. The van der Waals surface area contributed by atoms with Crippen LogP contribution in [0.4, 0.5) is 0 Å². The van der Waals surface area contributed by atoms with Gasteiger partial charge in [0.2, 0.25) is 0 Å². The number of sulfonamides is 1. The van der Waals surface area contributed by atoms with E-state index in [2.05, 4.69) is 0 Å². The van der Waals surface area contributed by atoms with Crippen molar-refractivity contribution in [1.82, 2.24) is 4.31 Å². The molecule has 1 aromatic rings. The standard InChI is InChI=1S/C9H14N2O2S2.ClH/c1-7-2-3-9(14-7)15(12,13)11-5-4-8(10)6-11;/h2-3,8H,4-6,10H2,1H3;1H. The van der Waals surface area contributed by atoms with Crippen LogP contribution >= 0.6 is 23.7 Å². The molecule has 1 fully saturated rings. The summed E-state index contributed by atoms with van der Waals surface area (Å²) in [7, 11) is -3.28. The van der Waals surface area contributed by atoms with Crippen LogP contribution in [0.15, 0.2) is 16.3 Å². The Kier molecular flexibility index (Phi) is 4.36. The third kappa shape index (κ3) is 2.57. The Balaban J connectivity index is 0.00000128. The second-order valence-corrected chi connectivity index (χ2v) is 7.23. The van der Waals surface area contributed by atoms with Crippen molar-refractivity contribution in [3.63, 3.8) is 0 Å². The molecule has 0 bridgehead atoms. The first-order chi connectivity index (χ1) is 7.00. The lowest BCUT2D eigenvalue weighted by Gasteiger charge is -2.13. The van der Waals surface area contributed by atoms with Gasteiger partial charge in [-0.2, -0.15) is 4.31 Å². The first-order valence-electron chi connectivity index (χ1n) is 4.82. The van der Waals surface area contributed by atoms with Gasteiger partial charge in [-0.15, -0.1) is 23.7 Å². The molecule has 1 saturated heterocycles. The smallest absolute Gasteiger partial charge is 0.252 e. The summed E-state index contributed by atoms with van der Waals surface area (Å²) in [6, 6.07) is 3.48. The predicted octanol–water partition coefficient (Wildman–Crippen LogP) is 1.20. The molecule has 0 aromatic carbocycles. The molecule has 7 heteroatoms. The van der Waals surface area contributed by atoms with E-state index in [4.69, 9.17) is 5.73 Å². The van der Waals surface area contributed by atoms with E-state index in [0.717, 1.165) is 11.3 Å². The van der Waals surface area contributed by atoms with Crippen LogP contribution in [0.1, 0.15) is 11.3 Å². The first kappa shape index (κ1) is 13.9. The maximum absolute atomic E-state index is 12.1. The molecule has 2 rings (SSSR count). The van der Waals surface area contributed by atoms with E-state index < -0.39 is 10.0 Å². The molecule has 0 spiro atoms. The van der Waals surface area contributed by atoms with Gasteiger partial charge in [0.1, 0.15) is 4.21 Å². The molecule has 1 aromatic heterocycles. The molecule has 1 aliphatic rings. The Bertz CT molecular complexity index is 458. The van der Waals surface area contributed by atoms with Crippen molar-refractivity contribution in [3.05, 3.63) is 17.0 Å². The Morgan fingerprint density at radius 1 is 1.50 bits per heavy atom. The molecule has 1 atom stereocenters. The first-order valence-corrected chi connectivity index (χ1v) is 7.08. The van der Waals surface area contributed by atoms with Gasteiger partial charge >= 0.3 is 0 Å². The minimum absolute atomic E-state index is 0. The Morgan fingerprint density at radius 3 is 2.62 bits per heavy atom. The van der Waals surface area contributed by atoms with Gasteiger partial charge < -0.3 is 5.73 Å². The van der Waals surface area contributed by atoms with Crippen molar-refractivity contribution < 1.29 is 8.42 Å². The highest BCUT2D eigenvalue weighted by atomic mass is 35.5. The van der Waals surface area contributed by atoms with Gasteiger partial charge in [-0.3, -0.25) is 0 Å². The van der Waals surface area contributed by atoms with Crippen LogP contribution in [-0.2, 0) is 10.0 Å². The number of thiophene rings is 1. The van der Waals surface area contributed by atoms with E-state index in [1.807, 2.05) is 13.0 Å². The highest BCUT2D eigenvalue weighted by Crippen LogP contribution is 2.26. The normalized spacial score (nSPS) is 22.0. The van der Waals surface area contributed by atoms with E-state index in [1.54, 1.807) is 6.07 Å². The van der Waals surface area contributed by atoms with Gasteiger partial charge in [0.25, 0.3) is 10.0 Å². The monoisotopic (exact) mass is 282 g/mol. The second kappa shape index (κ2) is 5.01. The van der Waals surface area contributed by atoms with Crippen molar-refractivity contribution in [2.45, 2.75) is 23.6 Å². The number of hydrogen-bond donors (Lipinski definition) is 1. The Morgan fingerprint density at radius 2 is 2.19 bits per heavy atom. The molecule has 1 unspecified atom stereocenters. The van der Waals surface area contributed by atoms with Gasteiger partial charge in [-0.1, -0.05) is 0 Å². The largest absolute Gasteiger partial charge is 0.326 e. The fourth-order valence-corrected chi connectivity index (χ4v) is 4.60. The molecule has 0 radical (unpaired) electrons. The molecule has 0 aliphatic carbocycles. The topological polar surface area (TPSA) is 63.4 Å². The van der Waals surface area contributed by atoms with Crippen LogP contribution < -0.4 is 5.73 Å². The van der Waals surface area contributed by atoms with Crippen molar-refractivity contribution in [3.8, 4) is 0 Å². The van der Waals surface area contributed by atoms with Crippen LogP contribution in [0.2, 0.25) is 0 Å². The lowest BCUT2D eigenvalue weighted by molar-refractivity contribution is 0.474. The molecule has 2 N–H and O–H groups in total. The molecule has 16 heavy (non-hydrogen) atoms. The summed E-state index contributed by atoms with van der Waals surface area (Å²) >= 11 is 1.31. The lowest BCUT2D eigenvalue weighted by atomic mass is 10.3. The number of nitrogens with zero attached hydrogens (tertiary/aromatic N) is 1. The summed E-state index contributed by atoms with van der Waals surface area (Å²) in [5, 5.41) is 0. The fourth-order valence-electron chi connectivity index (χ4n) is 1.65. The number of halogens is 1. The van der Waals surface area contributed by atoms with Crippen LogP contribution in [0, 0.1) is 6.92 Å². The zero-order valence-electron chi connectivity index (χ0n) is 8.92. The van der Waals surface area contributed by atoms with E-state index >= 15 is 0 Å². The van der Waals surface area contributed by atoms with Crippen molar-refractivity contribution in [1.29, 1.82) is 0 Å². The number of rotatable bonds is 2. The van der Waals surface area contributed by atoms with E-state index in [9.17, 15) is 8.42 Å².